The minimum Gasteiger partial charge on any atom is -0.478 e. The molecular weight excluding hydrogens is 279 g/mol. The van der Waals surface area contributed by atoms with Crippen molar-refractivity contribution < 1.29 is 19.2 Å². The van der Waals surface area contributed by atoms with Crippen molar-refractivity contribution in [1.29, 1.82) is 0 Å². The van der Waals surface area contributed by atoms with Crippen molar-refractivity contribution in [3.8, 4) is 0 Å². The first-order valence-corrected chi connectivity index (χ1v) is 5.97. The molecule has 0 radical (unpaired) electrons. The average molecular weight is 290 g/mol. The summed E-state index contributed by atoms with van der Waals surface area (Å²) in [5.74, 6) is -1.76. The SMILES string of the molecule is O=C(O)c1cccc(CNc2cc(F)cc([N+](=O)[O-])c2)c1. The van der Waals surface area contributed by atoms with Gasteiger partial charge in [-0.25, -0.2) is 9.18 Å². The van der Waals surface area contributed by atoms with Crippen LogP contribution in [0.5, 0.6) is 0 Å². The second kappa shape index (κ2) is 6.00. The van der Waals surface area contributed by atoms with E-state index >= 15 is 0 Å². The van der Waals surface area contributed by atoms with Crippen molar-refractivity contribution >= 4 is 17.3 Å². The number of hydrogen-bond acceptors (Lipinski definition) is 4. The Balaban J connectivity index is 2.14. The van der Waals surface area contributed by atoms with Crippen LogP contribution in [-0.2, 0) is 6.54 Å². The Kier molecular flexibility index (Phi) is 4.13. The highest BCUT2D eigenvalue weighted by Crippen LogP contribution is 2.20. The van der Waals surface area contributed by atoms with Gasteiger partial charge in [-0.05, 0) is 23.8 Å². The van der Waals surface area contributed by atoms with E-state index in [4.69, 9.17) is 5.11 Å². The van der Waals surface area contributed by atoms with Crippen LogP contribution < -0.4 is 5.32 Å². The fraction of sp³-hybridized carbons (Fsp3) is 0.0714. The highest BCUT2D eigenvalue weighted by molar-refractivity contribution is 5.87. The predicted molar refractivity (Wildman–Crippen MR) is 73.8 cm³/mol. The summed E-state index contributed by atoms with van der Waals surface area (Å²) in [4.78, 5) is 20.8. The van der Waals surface area contributed by atoms with Crippen LogP contribution in [-0.4, -0.2) is 16.0 Å². The molecule has 0 amide bonds. The summed E-state index contributed by atoms with van der Waals surface area (Å²) < 4.78 is 13.3. The Morgan fingerprint density at radius 2 is 2.05 bits per heavy atom. The van der Waals surface area contributed by atoms with Gasteiger partial charge in [-0.3, -0.25) is 10.1 Å². The number of nitro groups is 1. The van der Waals surface area contributed by atoms with E-state index in [1.165, 1.54) is 18.2 Å². The van der Waals surface area contributed by atoms with Gasteiger partial charge in [0.15, 0.2) is 0 Å². The molecule has 0 fully saturated rings. The lowest BCUT2D eigenvalue weighted by atomic mass is 10.1. The van der Waals surface area contributed by atoms with Gasteiger partial charge in [0.2, 0.25) is 0 Å². The molecule has 0 aliphatic rings. The van der Waals surface area contributed by atoms with Crippen molar-refractivity contribution in [2.75, 3.05) is 5.32 Å². The molecule has 2 rings (SSSR count). The van der Waals surface area contributed by atoms with Crippen LogP contribution in [0.25, 0.3) is 0 Å². The smallest absolute Gasteiger partial charge is 0.335 e. The fourth-order valence-corrected chi connectivity index (χ4v) is 1.80. The van der Waals surface area contributed by atoms with E-state index in [0.29, 0.717) is 5.56 Å². The molecule has 0 bridgehead atoms. The lowest BCUT2D eigenvalue weighted by molar-refractivity contribution is -0.385. The summed E-state index contributed by atoms with van der Waals surface area (Å²) in [5.41, 5.74) is 0.709. The molecular formula is C14H11FN2O4. The average Bonchev–Trinajstić information content (AvgIpc) is 2.45. The largest absolute Gasteiger partial charge is 0.478 e. The highest BCUT2D eigenvalue weighted by atomic mass is 19.1. The van der Waals surface area contributed by atoms with Crippen LogP contribution in [0, 0.1) is 15.9 Å². The second-order valence-electron chi connectivity index (χ2n) is 4.31. The molecule has 0 spiro atoms. The maximum Gasteiger partial charge on any atom is 0.335 e. The van der Waals surface area contributed by atoms with Crippen LogP contribution in [0.4, 0.5) is 15.8 Å². The van der Waals surface area contributed by atoms with E-state index in [1.54, 1.807) is 12.1 Å². The molecule has 0 heterocycles. The molecule has 0 unspecified atom stereocenters. The zero-order valence-electron chi connectivity index (χ0n) is 10.7. The Morgan fingerprint density at radius 1 is 1.29 bits per heavy atom. The molecule has 0 saturated carbocycles. The van der Waals surface area contributed by atoms with E-state index in [2.05, 4.69) is 5.32 Å². The molecule has 0 atom stereocenters. The van der Waals surface area contributed by atoms with Crippen LogP contribution in [0.15, 0.2) is 42.5 Å². The summed E-state index contributed by atoms with van der Waals surface area (Å²) in [6.45, 7) is 0.224. The summed E-state index contributed by atoms with van der Waals surface area (Å²) in [5, 5.41) is 22.4. The number of hydrogen-bond donors (Lipinski definition) is 2. The van der Waals surface area contributed by atoms with Crippen LogP contribution in [0.3, 0.4) is 0 Å². The Bertz CT molecular complexity index is 703. The van der Waals surface area contributed by atoms with Crippen LogP contribution in [0.2, 0.25) is 0 Å². The summed E-state index contributed by atoms with van der Waals surface area (Å²) >= 11 is 0. The Labute approximate surface area is 119 Å². The number of rotatable bonds is 5. The Hall–Kier alpha value is -2.96. The third-order valence-corrected chi connectivity index (χ3v) is 2.76. The predicted octanol–water partition coefficient (Wildman–Crippen LogP) is 3.04. The van der Waals surface area contributed by atoms with Crippen LogP contribution >= 0.6 is 0 Å². The minimum atomic E-state index is -1.04. The quantitative estimate of drug-likeness (QED) is 0.652. The lowest BCUT2D eigenvalue weighted by Crippen LogP contribution is -2.03. The van der Waals surface area contributed by atoms with Gasteiger partial charge in [0.05, 0.1) is 16.6 Å². The number of benzene rings is 2. The lowest BCUT2D eigenvalue weighted by Gasteiger charge is -2.07. The summed E-state index contributed by atoms with van der Waals surface area (Å²) in [7, 11) is 0. The standard InChI is InChI=1S/C14H11FN2O4/c15-11-5-12(7-13(6-11)17(20)21)16-8-9-2-1-3-10(4-9)14(18)19/h1-7,16H,8H2,(H,18,19). The van der Waals surface area contributed by atoms with Gasteiger partial charge in [0, 0.05) is 18.3 Å². The first-order chi connectivity index (χ1) is 9.95. The number of nitrogens with zero attached hydrogens (tertiary/aromatic N) is 1. The van der Waals surface area contributed by atoms with E-state index in [-0.39, 0.29) is 23.5 Å². The molecule has 0 aromatic heterocycles. The molecule has 2 aromatic rings. The molecule has 0 aliphatic carbocycles. The van der Waals surface area contributed by atoms with Crippen LogP contribution in [0.1, 0.15) is 15.9 Å². The number of nitro benzene ring substituents is 1. The number of carboxylic acid groups (broad SMARTS) is 1. The summed E-state index contributed by atoms with van der Waals surface area (Å²) in [6, 6.07) is 9.40. The normalized spacial score (nSPS) is 10.1. The maximum absolute atomic E-state index is 13.3. The van der Waals surface area contributed by atoms with E-state index < -0.39 is 16.7 Å². The van der Waals surface area contributed by atoms with Gasteiger partial charge in [-0.2, -0.15) is 0 Å². The molecule has 6 nitrogen and oxygen atoms in total. The van der Waals surface area contributed by atoms with Crippen molar-refractivity contribution in [2.45, 2.75) is 6.54 Å². The number of halogens is 1. The molecule has 108 valence electrons. The number of anilines is 1. The Morgan fingerprint density at radius 3 is 2.71 bits per heavy atom. The molecule has 7 heteroatoms. The van der Waals surface area contributed by atoms with Gasteiger partial charge in [0.25, 0.3) is 5.69 Å². The summed E-state index contributed by atoms with van der Waals surface area (Å²) in [6.07, 6.45) is 0. The van der Waals surface area contributed by atoms with E-state index in [1.807, 2.05) is 0 Å². The topological polar surface area (TPSA) is 92.5 Å². The molecule has 2 aromatic carbocycles. The second-order valence-corrected chi connectivity index (χ2v) is 4.31. The van der Waals surface area contributed by atoms with Gasteiger partial charge in [-0.1, -0.05) is 12.1 Å². The van der Waals surface area contributed by atoms with E-state index in [0.717, 1.165) is 12.1 Å². The van der Waals surface area contributed by atoms with Crippen molar-refractivity contribution in [3.05, 3.63) is 69.5 Å². The highest BCUT2D eigenvalue weighted by Gasteiger charge is 2.10. The zero-order valence-corrected chi connectivity index (χ0v) is 10.7. The van der Waals surface area contributed by atoms with Gasteiger partial charge in [0.1, 0.15) is 5.82 Å². The van der Waals surface area contributed by atoms with Crippen molar-refractivity contribution in [3.63, 3.8) is 0 Å². The zero-order chi connectivity index (χ0) is 15.4. The fourth-order valence-electron chi connectivity index (χ4n) is 1.80. The minimum absolute atomic E-state index is 0.138. The van der Waals surface area contributed by atoms with Gasteiger partial charge >= 0.3 is 5.97 Å². The first-order valence-electron chi connectivity index (χ1n) is 5.97. The first kappa shape index (κ1) is 14.4. The van der Waals surface area contributed by atoms with Gasteiger partial charge in [-0.15, -0.1) is 0 Å². The number of carbonyl (C=O) groups is 1. The third-order valence-electron chi connectivity index (χ3n) is 2.76. The number of nitrogens with one attached hydrogen (secondary N) is 1. The van der Waals surface area contributed by atoms with Crippen molar-refractivity contribution in [2.24, 2.45) is 0 Å². The molecule has 21 heavy (non-hydrogen) atoms. The van der Waals surface area contributed by atoms with Crippen molar-refractivity contribution in [1.82, 2.24) is 0 Å². The number of aromatic carboxylic acids is 1. The third kappa shape index (κ3) is 3.75. The molecule has 2 N–H and O–H groups in total. The van der Waals surface area contributed by atoms with E-state index in [9.17, 15) is 19.3 Å². The number of non-ortho nitro benzene ring substituents is 1. The molecule has 0 aliphatic heterocycles. The monoisotopic (exact) mass is 290 g/mol. The number of carboxylic acids is 1. The van der Waals surface area contributed by atoms with Gasteiger partial charge < -0.3 is 10.4 Å². The molecule has 0 saturated heterocycles. The maximum atomic E-state index is 13.3.